The van der Waals surface area contributed by atoms with Gasteiger partial charge >= 0.3 is 0 Å². The molecule has 1 atom stereocenters. The minimum Gasteiger partial charge on any atom is -0.383 e. The zero-order valence-electron chi connectivity index (χ0n) is 17.0. The molecule has 6 nitrogen and oxygen atoms in total. The van der Waals surface area contributed by atoms with Gasteiger partial charge in [0.25, 0.3) is 0 Å². The lowest BCUT2D eigenvalue weighted by atomic mass is 9.97. The number of rotatable bonds is 11. The van der Waals surface area contributed by atoms with Gasteiger partial charge in [0.05, 0.1) is 12.7 Å². The van der Waals surface area contributed by atoms with Gasteiger partial charge in [0, 0.05) is 40.4 Å². The highest BCUT2D eigenvalue weighted by Gasteiger charge is 2.19. The van der Waals surface area contributed by atoms with Crippen molar-refractivity contribution in [2.24, 2.45) is 16.8 Å². The summed E-state index contributed by atoms with van der Waals surface area (Å²) < 4.78 is 11.0. The predicted octanol–water partition coefficient (Wildman–Crippen LogP) is 1.96. The minimum atomic E-state index is 0.312. The smallest absolute Gasteiger partial charge is 0.190 e. The average Bonchev–Trinajstić information content (AvgIpc) is 2.62. The van der Waals surface area contributed by atoms with Gasteiger partial charge in [-0.1, -0.05) is 13.8 Å². The molecule has 1 fully saturated rings. The second-order valence-electron chi connectivity index (χ2n) is 7.18. The van der Waals surface area contributed by atoms with Gasteiger partial charge in [0.2, 0.25) is 0 Å². The molecule has 6 heteroatoms. The van der Waals surface area contributed by atoms with Crippen LogP contribution in [0.25, 0.3) is 0 Å². The van der Waals surface area contributed by atoms with E-state index in [1.165, 1.54) is 25.9 Å². The highest BCUT2D eigenvalue weighted by molar-refractivity contribution is 5.79. The molecule has 1 rings (SSSR count). The summed E-state index contributed by atoms with van der Waals surface area (Å²) in [5.41, 5.74) is 0. The Labute approximate surface area is 154 Å². The highest BCUT2D eigenvalue weighted by atomic mass is 16.5. The molecule has 0 spiro atoms. The van der Waals surface area contributed by atoms with Crippen LogP contribution in [0.1, 0.15) is 40.0 Å². The minimum absolute atomic E-state index is 0.312. The van der Waals surface area contributed by atoms with Crippen molar-refractivity contribution < 1.29 is 9.47 Å². The van der Waals surface area contributed by atoms with Crippen molar-refractivity contribution in [2.45, 2.75) is 46.1 Å². The summed E-state index contributed by atoms with van der Waals surface area (Å²) >= 11 is 0. The number of hydrogen-bond acceptors (Lipinski definition) is 4. The summed E-state index contributed by atoms with van der Waals surface area (Å²) in [4.78, 5) is 6.84. The Hall–Kier alpha value is -0.850. The number of guanidine groups is 1. The van der Waals surface area contributed by atoms with Crippen LogP contribution in [0.2, 0.25) is 0 Å². The van der Waals surface area contributed by atoms with Crippen LogP contribution >= 0.6 is 0 Å². The van der Waals surface area contributed by atoms with Crippen molar-refractivity contribution in [1.29, 1.82) is 0 Å². The van der Waals surface area contributed by atoms with Gasteiger partial charge in [0.15, 0.2) is 5.96 Å². The molecule has 0 saturated carbocycles. The Morgan fingerprint density at radius 3 is 2.52 bits per heavy atom. The van der Waals surface area contributed by atoms with Crippen LogP contribution in [0.15, 0.2) is 4.99 Å². The quantitative estimate of drug-likeness (QED) is 0.438. The molecule has 2 N–H and O–H groups in total. The number of aliphatic imine (C=N–C) groups is 1. The van der Waals surface area contributed by atoms with Crippen LogP contribution < -0.4 is 10.6 Å². The Morgan fingerprint density at radius 2 is 1.96 bits per heavy atom. The fourth-order valence-corrected chi connectivity index (χ4v) is 3.25. The predicted molar refractivity (Wildman–Crippen MR) is 105 cm³/mol. The van der Waals surface area contributed by atoms with Crippen molar-refractivity contribution in [1.82, 2.24) is 15.5 Å². The summed E-state index contributed by atoms with van der Waals surface area (Å²) in [5.74, 6) is 2.17. The van der Waals surface area contributed by atoms with Gasteiger partial charge in [-0.05, 0) is 51.1 Å². The van der Waals surface area contributed by atoms with E-state index >= 15 is 0 Å². The number of piperidine rings is 1. The number of nitrogens with zero attached hydrogens (tertiary/aromatic N) is 2. The molecule has 1 aliphatic heterocycles. The standard InChI is InChI=1S/C19H40N4O2/c1-6-25-18(16(2)3)7-10-21-19(20-4)22-15-17-8-11-23(12-9-17)13-14-24-5/h16-18H,6-15H2,1-5H3,(H2,20,21,22). The maximum absolute atomic E-state index is 5.80. The first-order valence-electron chi connectivity index (χ1n) is 9.88. The summed E-state index contributed by atoms with van der Waals surface area (Å²) in [6.07, 6.45) is 3.80. The molecule has 0 amide bonds. The molecule has 0 radical (unpaired) electrons. The maximum atomic E-state index is 5.80. The Kier molecular flexibility index (Phi) is 11.9. The lowest BCUT2D eigenvalue weighted by molar-refractivity contribution is 0.0258. The van der Waals surface area contributed by atoms with E-state index in [0.29, 0.717) is 12.0 Å². The van der Waals surface area contributed by atoms with E-state index in [4.69, 9.17) is 9.47 Å². The second-order valence-corrected chi connectivity index (χ2v) is 7.18. The largest absolute Gasteiger partial charge is 0.383 e. The number of hydrogen-bond donors (Lipinski definition) is 2. The number of methoxy groups -OCH3 is 1. The monoisotopic (exact) mass is 356 g/mol. The molecule has 0 aromatic rings. The van der Waals surface area contributed by atoms with Crippen molar-refractivity contribution in [3.05, 3.63) is 0 Å². The molecule has 1 aliphatic rings. The maximum Gasteiger partial charge on any atom is 0.190 e. The topological polar surface area (TPSA) is 58.1 Å². The molecule has 1 saturated heterocycles. The van der Waals surface area contributed by atoms with E-state index in [1.807, 2.05) is 7.05 Å². The number of likely N-dealkylation sites (tertiary alicyclic amines) is 1. The molecule has 0 aliphatic carbocycles. The van der Waals surface area contributed by atoms with Crippen molar-refractivity contribution in [2.75, 3.05) is 60.1 Å². The normalized spacial score (nSPS) is 18.6. The number of nitrogens with one attached hydrogen (secondary N) is 2. The van der Waals surface area contributed by atoms with Gasteiger partial charge in [-0.3, -0.25) is 4.99 Å². The molecule has 148 valence electrons. The van der Waals surface area contributed by atoms with Crippen LogP contribution in [-0.2, 0) is 9.47 Å². The van der Waals surface area contributed by atoms with Crippen LogP contribution in [-0.4, -0.2) is 77.1 Å². The molecule has 0 bridgehead atoms. The van der Waals surface area contributed by atoms with Crippen molar-refractivity contribution in [3.63, 3.8) is 0 Å². The summed E-state index contributed by atoms with van der Waals surface area (Å²) in [6.45, 7) is 13.4. The van der Waals surface area contributed by atoms with E-state index in [1.54, 1.807) is 7.11 Å². The lowest BCUT2D eigenvalue weighted by Gasteiger charge is -2.32. The first kappa shape index (κ1) is 22.2. The summed E-state index contributed by atoms with van der Waals surface area (Å²) in [7, 11) is 3.61. The molecular weight excluding hydrogens is 316 g/mol. The Bertz CT molecular complexity index is 355. The van der Waals surface area contributed by atoms with Crippen LogP contribution in [0, 0.1) is 11.8 Å². The van der Waals surface area contributed by atoms with E-state index in [-0.39, 0.29) is 0 Å². The summed E-state index contributed by atoms with van der Waals surface area (Å²) in [5, 5.41) is 6.91. The van der Waals surface area contributed by atoms with Crippen LogP contribution in [0.5, 0.6) is 0 Å². The van der Waals surface area contributed by atoms with E-state index in [2.05, 4.69) is 41.3 Å². The fourth-order valence-electron chi connectivity index (χ4n) is 3.25. The fraction of sp³-hybridized carbons (Fsp3) is 0.947. The molecule has 1 unspecified atom stereocenters. The van der Waals surface area contributed by atoms with Gasteiger partial charge in [0.1, 0.15) is 0 Å². The zero-order valence-corrected chi connectivity index (χ0v) is 17.0. The van der Waals surface area contributed by atoms with E-state index < -0.39 is 0 Å². The third kappa shape index (κ3) is 9.42. The first-order valence-corrected chi connectivity index (χ1v) is 9.88. The van der Waals surface area contributed by atoms with E-state index in [0.717, 1.165) is 51.1 Å². The van der Waals surface area contributed by atoms with Gasteiger partial charge in [-0.15, -0.1) is 0 Å². The van der Waals surface area contributed by atoms with Crippen molar-refractivity contribution >= 4 is 5.96 Å². The van der Waals surface area contributed by atoms with Gasteiger partial charge < -0.3 is 25.0 Å². The molecule has 1 heterocycles. The van der Waals surface area contributed by atoms with Crippen LogP contribution in [0.3, 0.4) is 0 Å². The summed E-state index contributed by atoms with van der Waals surface area (Å²) in [6, 6.07) is 0. The third-order valence-electron chi connectivity index (χ3n) is 4.95. The van der Waals surface area contributed by atoms with Gasteiger partial charge in [-0.2, -0.15) is 0 Å². The lowest BCUT2D eigenvalue weighted by Crippen LogP contribution is -2.44. The molecular formula is C19H40N4O2. The second kappa shape index (κ2) is 13.4. The highest BCUT2D eigenvalue weighted by Crippen LogP contribution is 2.16. The zero-order chi connectivity index (χ0) is 18.5. The molecule has 25 heavy (non-hydrogen) atoms. The number of ether oxygens (including phenoxy) is 2. The molecule has 0 aromatic carbocycles. The third-order valence-corrected chi connectivity index (χ3v) is 4.95. The first-order chi connectivity index (χ1) is 12.1. The van der Waals surface area contributed by atoms with Crippen LogP contribution in [0.4, 0.5) is 0 Å². The van der Waals surface area contributed by atoms with E-state index in [9.17, 15) is 0 Å². The average molecular weight is 357 g/mol. The van der Waals surface area contributed by atoms with Crippen molar-refractivity contribution in [3.8, 4) is 0 Å². The van der Waals surface area contributed by atoms with Gasteiger partial charge in [-0.25, -0.2) is 0 Å². The SMILES string of the molecule is CCOC(CCNC(=NC)NCC1CCN(CCOC)CC1)C(C)C. The Morgan fingerprint density at radius 1 is 1.24 bits per heavy atom. The Balaban J connectivity index is 2.20. The molecule has 0 aromatic heterocycles.